The standard InChI is InChI=1S/C13H14F3N/c14-13(15,16)10-3-2-9-7-17-8-12(4-1-5-12)11(9)6-10/h2-3,6,17H,1,4-5,7-8H2. The molecular formula is C13H14F3N. The lowest BCUT2D eigenvalue weighted by Crippen LogP contribution is -2.47. The van der Waals surface area contributed by atoms with Crippen LogP contribution in [0.2, 0.25) is 0 Å². The first kappa shape index (κ1) is 11.1. The van der Waals surface area contributed by atoms with Crippen LogP contribution in [-0.2, 0) is 18.1 Å². The third-order valence-electron chi connectivity index (χ3n) is 4.10. The molecule has 2 aliphatic rings. The Hall–Kier alpha value is -1.03. The summed E-state index contributed by atoms with van der Waals surface area (Å²) in [6, 6.07) is 4.19. The molecule has 1 nitrogen and oxygen atoms in total. The molecule has 17 heavy (non-hydrogen) atoms. The molecule has 1 saturated carbocycles. The van der Waals surface area contributed by atoms with Crippen LogP contribution in [0.3, 0.4) is 0 Å². The molecule has 1 aliphatic heterocycles. The van der Waals surface area contributed by atoms with Crippen molar-refractivity contribution in [1.82, 2.24) is 5.32 Å². The molecule has 1 heterocycles. The lowest BCUT2D eigenvalue weighted by molar-refractivity contribution is -0.137. The summed E-state index contributed by atoms with van der Waals surface area (Å²) in [4.78, 5) is 0. The summed E-state index contributed by atoms with van der Waals surface area (Å²) >= 11 is 0. The Kier molecular flexibility index (Phi) is 2.27. The highest BCUT2D eigenvalue weighted by Gasteiger charge is 2.43. The quantitative estimate of drug-likeness (QED) is 0.735. The number of fused-ring (bicyclic) bond motifs is 2. The van der Waals surface area contributed by atoms with Gasteiger partial charge in [0, 0.05) is 18.5 Å². The number of benzene rings is 1. The van der Waals surface area contributed by atoms with Gasteiger partial charge in [0.05, 0.1) is 5.56 Å². The van der Waals surface area contributed by atoms with E-state index in [0.717, 1.165) is 36.9 Å². The van der Waals surface area contributed by atoms with Crippen LogP contribution < -0.4 is 5.32 Å². The zero-order valence-electron chi connectivity index (χ0n) is 9.40. The highest BCUT2D eigenvalue weighted by atomic mass is 19.4. The fraction of sp³-hybridized carbons (Fsp3) is 0.538. The van der Waals surface area contributed by atoms with Crippen LogP contribution in [0.1, 0.15) is 36.0 Å². The number of hydrogen-bond acceptors (Lipinski definition) is 1. The number of halogens is 3. The highest BCUT2D eigenvalue weighted by Crippen LogP contribution is 2.47. The second-order valence-corrected chi connectivity index (χ2v) is 5.11. The summed E-state index contributed by atoms with van der Waals surface area (Å²) in [5.41, 5.74) is 1.43. The predicted molar refractivity (Wildman–Crippen MR) is 58.7 cm³/mol. The fourth-order valence-electron chi connectivity index (χ4n) is 2.98. The summed E-state index contributed by atoms with van der Waals surface area (Å²) in [6.45, 7) is 1.51. The smallest absolute Gasteiger partial charge is 0.312 e. The van der Waals surface area contributed by atoms with Crippen LogP contribution in [0.5, 0.6) is 0 Å². The summed E-state index contributed by atoms with van der Waals surface area (Å²) in [6.07, 6.45) is -1.09. The Morgan fingerprint density at radius 3 is 2.53 bits per heavy atom. The van der Waals surface area contributed by atoms with E-state index in [1.54, 1.807) is 6.07 Å². The van der Waals surface area contributed by atoms with Gasteiger partial charge in [0.25, 0.3) is 0 Å². The molecule has 1 aromatic carbocycles. The van der Waals surface area contributed by atoms with E-state index in [1.807, 2.05) is 0 Å². The van der Waals surface area contributed by atoms with Gasteiger partial charge in [0.1, 0.15) is 0 Å². The zero-order chi connectivity index (χ0) is 12.1. The van der Waals surface area contributed by atoms with Gasteiger partial charge in [-0.3, -0.25) is 0 Å². The van der Waals surface area contributed by atoms with Gasteiger partial charge in [-0.25, -0.2) is 0 Å². The molecule has 1 spiro atoms. The molecule has 1 aliphatic carbocycles. The Labute approximate surface area is 98.0 Å². The summed E-state index contributed by atoms with van der Waals surface area (Å²) in [7, 11) is 0. The van der Waals surface area contributed by atoms with Gasteiger partial charge in [0.2, 0.25) is 0 Å². The van der Waals surface area contributed by atoms with Crippen molar-refractivity contribution >= 4 is 0 Å². The minimum absolute atomic E-state index is 0.0190. The van der Waals surface area contributed by atoms with Gasteiger partial charge >= 0.3 is 6.18 Å². The SMILES string of the molecule is FC(F)(F)c1ccc2c(c1)C1(CCC1)CNC2. The summed E-state index contributed by atoms with van der Waals surface area (Å²) in [5.74, 6) is 0. The Balaban J connectivity index is 2.08. The molecule has 3 rings (SSSR count). The average molecular weight is 241 g/mol. The van der Waals surface area contributed by atoms with E-state index < -0.39 is 11.7 Å². The van der Waals surface area contributed by atoms with Gasteiger partial charge in [-0.1, -0.05) is 12.5 Å². The first-order valence-corrected chi connectivity index (χ1v) is 5.93. The maximum atomic E-state index is 12.7. The van der Waals surface area contributed by atoms with E-state index in [0.29, 0.717) is 6.54 Å². The van der Waals surface area contributed by atoms with E-state index in [1.165, 1.54) is 12.1 Å². The zero-order valence-corrected chi connectivity index (χ0v) is 9.40. The third kappa shape index (κ3) is 1.66. The Morgan fingerprint density at radius 1 is 1.18 bits per heavy atom. The van der Waals surface area contributed by atoms with E-state index in [9.17, 15) is 13.2 Å². The number of rotatable bonds is 0. The molecule has 4 heteroatoms. The molecule has 1 N–H and O–H groups in total. The molecule has 0 radical (unpaired) electrons. The first-order valence-electron chi connectivity index (χ1n) is 5.93. The molecular weight excluding hydrogens is 227 g/mol. The normalized spacial score (nSPS) is 22.1. The second-order valence-electron chi connectivity index (χ2n) is 5.11. The summed E-state index contributed by atoms with van der Waals surface area (Å²) < 4.78 is 38.1. The Morgan fingerprint density at radius 2 is 1.94 bits per heavy atom. The largest absolute Gasteiger partial charge is 0.416 e. The monoisotopic (exact) mass is 241 g/mol. The van der Waals surface area contributed by atoms with Crippen molar-refractivity contribution in [3.63, 3.8) is 0 Å². The number of nitrogens with one attached hydrogen (secondary N) is 1. The maximum Gasteiger partial charge on any atom is 0.416 e. The third-order valence-corrected chi connectivity index (χ3v) is 4.10. The molecule has 0 bridgehead atoms. The van der Waals surface area contributed by atoms with Crippen molar-refractivity contribution in [2.75, 3.05) is 6.54 Å². The van der Waals surface area contributed by atoms with Gasteiger partial charge in [-0.15, -0.1) is 0 Å². The van der Waals surface area contributed by atoms with Gasteiger partial charge < -0.3 is 5.32 Å². The minimum Gasteiger partial charge on any atom is -0.312 e. The molecule has 0 unspecified atom stereocenters. The van der Waals surface area contributed by atoms with Crippen molar-refractivity contribution in [3.8, 4) is 0 Å². The van der Waals surface area contributed by atoms with Crippen LogP contribution in [0.15, 0.2) is 18.2 Å². The van der Waals surface area contributed by atoms with Crippen molar-refractivity contribution in [2.45, 2.75) is 37.4 Å². The van der Waals surface area contributed by atoms with Crippen molar-refractivity contribution in [3.05, 3.63) is 34.9 Å². The minimum atomic E-state index is -4.23. The van der Waals surface area contributed by atoms with Gasteiger partial charge in [0.15, 0.2) is 0 Å². The molecule has 0 saturated heterocycles. The van der Waals surface area contributed by atoms with E-state index >= 15 is 0 Å². The van der Waals surface area contributed by atoms with Crippen molar-refractivity contribution in [1.29, 1.82) is 0 Å². The predicted octanol–water partition coefficient (Wildman–Crippen LogP) is 3.23. The second kappa shape index (κ2) is 3.48. The lowest BCUT2D eigenvalue weighted by atomic mass is 9.62. The summed E-state index contributed by atoms with van der Waals surface area (Å²) in [5, 5.41) is 3.31. The Bertz CT molecular complexity index is 446. The maximum absolute atomic E-state index is 12.7. The van der Waals surface area contributed by atoms with Crippen LogP contribution in [0, 0.1) is 0 Å². The van der Waals surface area contributed by atoms with Crippen LogP contribution >= 0.6 is 0 Å². The fourth-order valence-corrected chi connectivity index (χ4v) is 2.98. The highest BCUT2D eigenvalue weighted by molar-refractivity contribution is 5.42. The van der Waals surface area contributed by atoms with Crippen LogP contribution in [0.25, 0.3) is 0 Å². The number of alkyl halides is 3. The van der Waals surface area contributed by atoms with E-state index in [2.05, 4.69) is 5.32 Å². The molecule has 1 fully saturated rings. The van der Waals surface area contributed by atoms with Gasteiger partial charge in [-0.2, -0.15) is 13.2 Å². The molecule has 0 atom stereocenters. The topological polar surface area (TPSA) is 12.0 Å². The van der Waals surface area contributed by atoms with Gasteiger partial charge in [-0.05, 0) is 36.1 Å². The molecule has 0 aromatic heterocycles. The molecule has 0 amide bonds. The van der Waals surface area contributed by atoms with E-state index in [4.69, 9.17) is 0 Å². The van der Waals surface area contributed by atoms with Crippen molar-refractivity contribution in [2.24, 2.45) is 0 Å². The average Bonchev–Trinajstić information content (AvgIpc) is 2.24. The lowest BCUT2D eigenvalue weighted by Gasteiger charge is -2.46. The molecule has 92 valence electrons. The molecule has 1 aromatic rings. The number of hydrogen-bond donors (Lipinski definition) is 1. The van der Waals surface area contributed by atoms with Crippen molar-refractivity contribution < 1.29 is 13.2 Å². The first-order chi connectivity index (χ1) is 8.01. The van der Waals surface area contributed by atoms with Crippen LogP contribution in [-0.4, -0.2) is 6.54 Å². The van der Waals surface area contributed by atoms with Crippen LogP contribution in [0.4, 0.5) is 13.2 Å². The van der Waals surface area contributed by atoms with E-state index in [-0.39, 0.29) is 5.41 Å².